The number of nitrogens with two attached hydrogens (primary N) is 2. The van der Waals surface area contributed by atoms with E-state index in [1.54, 1.807) is 0 Å². The molecule has 0 aliphatic heterocycles. The average Bonchev–Trinajstić information content (AvgIpc) is 2.94. The highest BCUT2D eigenvalue weighted by Crippen LogP contribution is 2.40. The van der Waals surface area contributed by atoms with Crippen molar-refractivity contribution in [1.82, 2.24) is 0 Å². The van der Waals surface area contributed by atoms with E-state index >= 15 is 0 Å². The molecule has 0 spiro atoms. The van der Waals surface area contributed by atoms with Gasteiger partial charge >= 0.3 is 12.4 Å². The minimum Gasteiger partial charge on any atom is -0.507 e. The molecule has 0 heterocycles. The van der Waals surface area contributed by atoms with Crippen LogP contribution in [0.3, 0.4) is 0 Å². The molecular formula is C26H18F6N6O6S2. The van der Waals surface area contributed by atoms with Gasteiger partial charge in [-0.15, -0.1) is 0 Å². The third kappa shape index (κ3) is 7.83. The van der Waals surface area contributed by atoms with Gasteiger partial charge in [0.2, 0.25) is 20.0 Å². The first-order valence-electron chi connectivity index (χ1n) is 12.1. The molecular weight excluding hydrogens is 670 g/mol. The molecule has 46 heavy (non-hydrogen) atoms. The zero-order valence-corrected chi connectivity index (χ0v) is 24.1. The summed E-state index contributed by atoms with van der Waals surface area (Å²) in [6.07, 6.45) is -9.81. The molecule has 0 bridgehead atoms. The number of nitrogens with zero attached hydrogens (tertiary/aromatic N) is 4. The fraction of sp³-hybridized carbons (Fsp3) is 0.0769. The predicted molar refractivity (Wildman–Crippen MR) is 149 cm³/mol. The zero-order chi connectivity index (χ0) is 34.2. The molecule has 0 amide bonds. The van der Waals surface area contributed by atoms with Gasteiger partial charge in [0.15, 0.2) is 0 Å². The average molecular weight is 689 g/mol. The number of benzene rings is 4. The number of sulfonamides is 2. The Morgan fingerprint density at radius 1 is 0.500 bits per heavy atom. The number of phenols is 2. The van der Waals surface area contributed by atoms with Gasteiger partial charge in [0.25, 0.3) is 0 Å². The van der Waals surface area contributed by atoms with E-state index in [0.717, 1.165) is 60.7 Å². The molecule has 6 N–H and O–H groups in total. The van der Waals surface area contributed by atoms with Crippen LogP contribution in [0, 0.1) is 0 Å². The van der Waals surface area contributed by atoms with Crippen LogP contribution in [-0.4, -0.2) is 27.0 Å². The first-order chi connectivity index (χ1) is 21.1. The minimum atomic E-state index is -4.90. The highest BCUT2D eigenvalue weighted by atomic mass is 32.2. The second-order valence-electron chi connectivity index (χ2n) is 9.25. The molecule has 4 aromatic rings. The van der Waals surface area contributed by atoms with Gasteiger partial charge < -0.3 is 10.2 Å². The summed E-state index contributed by atoms with van der Waals surface area (Å²) < 4.78 is 129. The van der Waals surface area contributed by atoms with E-state index in [4.69, 9.17) is 10.3 Å². The van der Waals surface area contributed by atoms with Crippen LogP contribution in [0.2, 0.25) is 0 Å². The van der Waals surface area contributed by atoms with Crippen LogP contribution in [0.1, 0.15) is 11.1 Å². The number of azo groups is 2. The Morgan fingerprint density at radius 3 is 1.07 bits per heavy atom. The zero-order valence-electron chi connectivity index (χ0n) is 22.5. The number of hydrogen-bond donors (Lipinski definition) is 4. The van der Waals surface area contributed by atoms with Crippen LogP contribution >= 0.6 is 0 Å². The molecule has 0 unspecified atom stereocenters. The smallest absolute Gasteiger partial charge is 0.420 e. The number of hydrogen-bond acceptors (Lipinski definition) is 10. The van der Waals surface area contributed by atoms with Crippen molar-refractivity contribution in [3.63, 3.8) is 0 Å². The molecule has 242 valence electrons. The Hall–Kier alpha value is -4.92. The molecule has 0 fully saturated rings. The maximum absolute atomic E-state index is 13.1. The van der Waals surface area contributed by atoms with Gasteiger partial charge in [0.1, 0.15) is 11.5 Å². The maximum atomic E-state index is 13.1. The monoisotopic (exact) mass is 688 g/mol. The van der Waals surface area contributed by atoms with Gasteiger partial charge in [0, 0.05) is 11.1 Å². The van der Waals surface area contributed by atoms with Gasteiger partial charge in [0.05, 0.1) is 43.7 Å². The van der Waals surface area contributed by atoms with Gasteiger partial charge in [-0.2, -0.15) is 46.8 Å². The number of halogens is 6. The van der Waals surface area contributed by atoms with Crippen LogP contribution in [0.4, 0.5) is 49.1 Å². The van der Waals surface area contributed by atoms with E-state index in [1.165, 1.54) is 0 Å². The summed E-state index contributed by atoms with van der Waals surface area (Å²) >= 11 is 0. The fourth-order valence-electron chi connectivity index (χ4n) is 3.92. The molecule has 0 aliphatic rings. The van der Waals surface area contributed by atoms with E-state index in [0.29, 0.717) is 12.1 Å². The Morgan fingerprint density at radius 2 is 0.783 bits per heavy atom. The Labute approximate surface area is 255 Å². The molecule has 12 nitrogen and oxygen atoms in total. The van der Waals surface area contributed by atoms with Crippen LogP contribution in [0.25, 0.3) is 11.1 Å². The van der Waals surface area contributed by atoms with Crippen molar-refractivity contribution in [3.8, 4) is 22.6 Å². The van der Waals surface area contributed by atoms with Crippen molar-refractivity contribution < 1.29 is 53.4 Å². The van der Waals surface area contributed by atoms with Crippen molar-refractivity contribution in [2.75, 3.05) is 0 Å². The summed E-state index contributed by atoms with van der Waals surface area (Å²) in [5.74, 6) is -2.11. The molecule has 0 aromatic heterocycles. The van der Waals surface area contributed by atoms with Crippen LogP contribution in [-0.2, 0) is 32.4 Å². The van der Waals surface area contributed by atoms with E-state index in [9.17, 15) is 53.4 Å². The maximum Gasteiger partial charge on any atom is 0.420 e. The first kappa shape index (κ1) is 34.0. The molecule has 4 rings (SSSR count). The molecule has 0 saturated carbocycles. The lowest BCUT2D eigenvalue weighted by atomic mass is 10.0. The summed E-state index contributed by atoms with van der Waals surface area (Å²) in [4.78, 5) is -1.37. The lowest BCUT2D eigenvalue weighted by molar-refractivity contribution is -0.139. The summed E-state index contributed by atoms with van der Waals surface area (Å²) in [5.41, 5.74) is -4.55. The Kier molecular flexibility index (Phi) is 8.95. The molecule has 4 aromatic carbocycles. The summed E-state index contributed by atoms with van der Waals surface area (Å²) in [7, 11) is -9.26. The summed E-state index contributed by atoms with van der Waals surface area (Å²) in [6.45, 7) is 0. The minimum absolute atomic E-state index is 0.232. The van der Waals surface area contributed by atoms with Gasteiger partial charge in [-0.05, 0) is 60.7 Å². The number of primary sulfonamides is 2. The highest BCUT2D eigenvalue weighted by molar-refractivity contribution is 7.89. The quantitative estimate of drug-likeness (QED) is 0.119. The third-order valence-electron chi connectivity index (χ3n) is 5.97. The largest absolute Gasteiger partial charge is 0.507 e. The lowest BCUT2D eigenvalue weighted by Gasteiger charge is -2.13. The van der Waals surface area contributed by atoms with E-state index < -0.39 is 64.8 Å². The molecule has 20 heteroatoms. The van der Waals surface area contributed by atoms with Crippen LogP contribution in [0.15, 0.2) is 103 Å². The van der Waals surface area contributed by atoms with E-state index in [1.807, 2.05) is 0 Å². The SMILES string of the molecule is NS(=O)(=O)c1cc(N=Nc2ccc(O)c(C(F)(F)F)c2)ccc1-c1ccc(N=Nc2ccc(O)c(C(F)(F)F)c2)cc1S(N)(=O)=O. The number of aromatic hydroxyl groups is 2. The van der Waals surface area contributed by atoms with Gasteiger partial charge in [-0.1, -0.05) is 12.1 Å². The summed E-state index contributed by atoms with van der Waals surface area (Å²) in [5, 5.41) is 44.3. The third-order valence-corrected chi connectivity index (χ3v) is 7.87. The fourth-order valence-corrected chi connectivity index (χ4v) is 5.46. The highest BCUT2D eigenvalue weighted by Gasteiger charge is 2.35. The van der Waals surface area contributed by atoms with Crippen molar-refractivity contribution >= 4 is 42.8 Å². The standard InChI is InChI=1S/C26H18F6N6O6S2/c27-25(28,29)19-9-13(3-7-21(19)39)35-37-15-1-5-17(23(11-15)45(33,41)42)18-6-2-16(12-24(18)46(34,43)44)38-36-14-4-8-22(40)20(10-14)26(30,31)32/h1-12,39-40H,(H2,33,41,42)(H2,34,43,44). The lowest BCUT2D eigenvalue weighted by Crippen LogP contribution is -2.16. The number of phenolic OH excluding ortho intramolecular Hbond substituents is 2. The van der Waals surface area contributed by atoms with Crippen molar-refractivity contribution in [1.29, 1.82) is 0 Å². The number of rotatable bonds is 7. The second-order valence-corrected chi connectivity index (χ2v) is 12.3. The van der Waals surface area contributed by atoms with E-state index in [2.05, 4.69) is 20.5 Å². The van der Waals surface area contributed by atoms with Gasteiger partial charge in [-0.25, -0.2) is 27.1 Å². The summed E-state index contributed by atoms with van der Waals surface area (Å²) in [6, 6.07) is 10.7. The molecule has 0 aliphatic carbocycles. The normalized spacial score (nSPS) is 13.1. The molecule has 0 radical (unpaired) electrons. The predicted octanol–water partition coefficient (Wildman–Crippen LogP) is 6.93. The van der Waals surface area contributed by atoms with Crippen LogP contribution in [0.5, 0.6) is 11.5 Å². The van der Waals surface area contributed by atoms with Gasteiger partial charge in [-0.3, -0.25) is 0 Å². The molecule has 0 saturated heterocycles. The second kappa shape index (κ2) is 12.1. The van der Waals surface area contributed by atoms with Crippen molar-refractivity contribution in [3.05, 3.63) is 83.9 Å². The van der Waals surface area contributed by atoms with E-state index in [-0.39, 0.29) is 33.9 Å². The Bertz CT molecular complexity index is 1970. The van der Waals surface area contributed by atoms with Crippen molar-refractivity contribution in [2.24, 2.45) is 30.7 Å². The van der Waals surface area contributed by atoms with Crippen LogP contribution < -0.4 is 10.3 Å². The first-order valence-corrected chi connectivity index (χ1v) is 15.2. The molecule has 0 atom stereocenters. The Balaban J connectivity index is 1.76. The number of alkyl halides is 6. The van der Waals surface area contributed by atoms with Crippen molar-refractivity contribution in [2.45, 2.75) is 22.1 Å². The topological polar surface area (TPSA) is 210 Å².